The average Bonchev–Trinajstić information content (AvgIpc) is 2.29. The van der Waals surface area contributed by atoms with E-state index in [9.17, 15) is 9.59 Å². The van der Waals surface area contributed by atoms with Crippen molar-refractivity contribution in [2.75, 3.05) is 13.1 Å². The molecule has 0 spiro atoms. The van der Waals surface area contributed by atoms with Crippen LogP contribution in [-0.4, -0.2) is 24.9 Å². The molecule has 17 heavy (non-hydrogen) atoms. The molecule has 0 saturated carbocycles. The summed E-state index contributed by atoms with van der Waals surface area (Å²) in [6.45, 7) is 8.73. The van der Waals surface area contributed by atoms with E-state index >= 15 is 0 Å². The monoisotopic (exact) mass is 242 g/mol. The molecule has 100 valence electrons. The van der Waals surface area contributed by atoms with Crippen molar-refractivity contribution in [3.8, 4) is 0 Å². The highest BCUT2D eigenvalue weighted by Gasteiger charge is 2.35. The molecule has 0 unspecified atom stereocenters. The van der Waals surface area contributed by atoms with Crippen LogP contribution in [0.4, 0.5) is 0 Å². The Morgan fingerprint density at radius 3 is 1.53 bits per heavy atom. The van der Waals surface area contributed by atoms with Crippen molar-refractivity contribution in [2.45, 2.75) is 53.4 Å². The lowest BCUT2D eigenvalue weighted by Crippen LogP contribution is -2.48. The fourth-order valence-corrected chi connectivity index (χ4v) is 1.30. The summed E-state index contributed by atoms with van der Waals surface area (Å²) in [7, 11) is 0. The largest absolute Gasteiger partial charge is 0.355 e. The van der Waals surface area contributed by atoms with Crippen molar-refractivity contribution < 1.29 is 9.59 Å². The van der Waals surface area contributed by atoms with Crippen LogP contribution < -0.4 is 10.6 Å². The minimum atomic E-state index is -0.985. The summed E-state index contributed by atoms with van der Waals surface area (Å²) in [6.07, 6.45) is 3.95. The van der Waals surface area contributed by atoms with Gasteiger partial charge in [0.05, 0.1) is 0 Å². The molecule has 0 bridgehead atoms. The number of nitrogens with one attached hydrogen (secondary N) is 2. The van der Waals surface area contributed by atoms with Crippen LogP contribution in [0.15, 0.2) is 0 Å². The third-order valence-corrected chi connectivity index (χ3v) is 2.77. The third-order valence-electron chi connectivity index (χ3n) is 2.77. The molecule has 0 saturated heterocycles. The average molecular weight is 242 g/mol. The zero-order valence-electron chi connectivity index (χ0n) is 11.6. The first-order valence-electron chi connectivity index (χ1n) is 6.53. The zero-order chi connectivity index (χ0) is 13.3. The smallest absolute Gasteiger partial charge is 0.235 e. The Morgan fingerprint density at radius 2 is 1.24 bits per heavy atom. The van der Waals surface area contributed by atoms with Crippen LogP contribution in [0, 0.1) is 5.41 Å². The van der Waals surface area contributed by atoms with Crippen LogP contribution in [0.25, 0.3) is 0 Å². The lowest BCUT2D eigenvalue weighted by Gasteiger charge is -2.22. The predicted octanol–water partition coefficient (Wildman–Crippen LogP) is 1.85. The van der Waals surface area contributed by atoms with Gasteiger partial charge in [-0.3, -0.25) is 9.59 Å². The van der Waals surface area contributed by atoms with Gasteiger partial charge in [-0.15, -0.1) is 0 Å². The summed E-state index contributed by atoms with van der Waals surface area (Å²) < 4.78 is 0. The lowest BCUT2D eigenvalue weighted by atomic mass is 9.91. The van der Waals surface area contributed by atoms with E-state index in [1.54, 1.807) is 13.8 Å². The predicted molar refractivity (Wildman–Crippen MR) is 69.6 cm³/mol. The number of unbranched alkanes of at least 4 members (excludes halogenated alkanes) is 2. The van der Waals surface area contributed by atoms with E-state index in [2.05, 4.69) is 24.5 Å². The highest BCUT2D eigenvalue weighted by atomic mass is 16.2. The fourth-order valence-electron chi connectivity index (χ4n) is 1.30. The molecular formula is C13H26N2O2. The van der Waals surface area contributed by atoms with E-state index in [4.69, 9.17) is 0 Å². The van der Waals surface area contributed by atoms with Gasteiger partial charge >= 0.3 is 0 Å². The minimum absolute atomic E-state index is 0.194. The Balaban J connectivity index is 4.13. The maximum atomic E-state index is 11.8. The zero-order valence-corrected chi connectivity index (χ0v) is 11.6. The van der Waals surface area contributed by atoms with Gasteiger partial charge in [0.15, 0.2) is 0 Å². The highest BCUT2D eigenvalue weighted by molar-refractivity contribution is 6.04. The van der Waals surface area contributed by atoms with Gasteiger partial charge in [-0.05, 0) is 26.7 Å². The van der Waals surface area contributed by atoms with E-state index in [-0.39, 0.29) is 11.8 Å². The van der Waals surface area contributed by atoms with Gasteiger partial charge in [-0.25, -0.2) is 0 Å². The summed E-state index contributed by atoms with van der Waals surface area (Å²) in [6, 6.07) is 0. The molecule has 0 heterocycles. The van der Waals surface area contributed by atoms with Crippen LogP contribution in [0.3, 0.4) is 0 Å². The molecule has 0 atom stereocenters. The second-order valence-electron chi connectivity index (χ2n) is 4.84. The van der Waals surface area contributed by atoms with E-state index in [0.29, 0.717) is 13.1 Å². The third kappa shape index (κ3) is 5.71. The molecule has 0 aliphatic heterocycles. The highest BCUT2D eigenvalue weighted by Crippen LogP contribution is 2.15. The van der Waals surface area contributed by atoms with Crippen molar-refractivity contribution >= 4 is 11.8 Å². The molecular weight excluding hydrogens is 216 g/mol. The SMILES string of the molecule is CCCCNC(=O)C(C)(C)C(=O)NCCCC. The maximum absolute atomic E-state index is 11.8. The molecule has 0 aliphatic carbocycles. The topological polar surface area (TPSA) is 58.2 Å². The van der Waals surface area contributed by atoms with Gasteiger partial charge < -0.3 is 10.6 Å². The Labute approximate surface area is 105 Å². The molecule has 0 aromatic heterocycles. The summed E-state index contributed by atoms with van der Waals surface area (Å²) in [5.74, 6) is -0.389. The number of carbonyl (C=O) groups excluding carboxylic acids is 2. The molecule has 0 fully saturated rings. The summed E-state index contributed by atoms with van der Waals surface area (Å²) in [4.78, 5) is 23.7. The van der Waals surface area contributed by atoms with Crippen molar-refractivity contribution in [1.29, 1.82) is 0 Å². The standard InChI is InChI=1S/C13H26N2O2/c1-5-7-9-14-11(16)13(3,4)12(17)15-10-8-6-2/h5-10H2,1-4H3,(H,14,16)(H,15,17). The van der Waals surface area contributed by atoms with Crippen LogP contribution in [0.2, 0.25) is 0 Å². The second-order valence-corrected chi connectivity index (χ2v) is 4.84. The molecule has 0 radical (unpaired) electrons. The van der Waals surface area contributed by atoms with Crippen LogP contribution >= 0.6 is 0 Å². The van der Waals surface area contributed by atoms with Crippen molar-refractivity contribution in [2.24, 2.45) is 5.41 Å². The van der Waals surface area contributed by atoms with Crippen LogP contribution in [0.5, 0.6) is 0 Å². The van der Waals surface area contributed by atoms with Crippen LogP contribution in [-0.2, 0) is 9.59 Å². The first kappa shape index (κ1) is 15.9. The summed E-state index contributed by atoms with van der Waals surface area (Å²) in [5.41, 5.74) is -0.985. The molecule has 0 aliphatic rings. The van der Waals surface area contributed by atoms with Crippen LogP contribution in [0.1, 0.15) is 53.4 Å². The summed E-state index contributed by atoms with van der Waals surface area (Å²) >= 11 is 0. The Hall–Kier alpha value is -1.06. The Bertz CT molecular complexity index is 226. The van der Waals surface area contributed by atoms with Crippen molar-refractivity contribution in [3.05, 3.63) is 0 Å². The van der Waals surface area contributed by atoms with E-state index in [1.165, 1.54) is 0 Å². The number of carbonyl (C=O) groups is 2. The van der Waals surface area contributed by atoms with Gasteiger partial charge in [-0.2, -0.15) is 0 Å². The molecule has 0 aromatic rings. The van der Waals surface area contributed by atoms with Gasteiger partial charge in [0.25, 0.3) is 0 Å². The summed E-state index contributed by atoms with van der Waals surface area (Å²) in [5, 5.41) is 5.59. The number of rotatable bonds is 8. The lowest BCUT2D eigenvalue weighted by molar-refractivity contribution is -0.141. The molecule has 4 heteroatoms. The maximum Gasteiger partial charge on any atom is 0.235 e. The number of amides is 2. The number of hydrogen-bond acceptors (Lipinski definition) is 2. The van der Waals surface area contributed by atoms with Gasteiger partial charge in [0.1, 0.15) is 5.41 Å². The van der Waals surface area contributed by atoms with Gasteiger partial charge in [0.2, 0.25) is 11.8 Å². The second kappa shape index (κ2) is 8.09. The number of hydrogen-bond donors (Lipinski definition) is 2. The molecule has 2 N–H and O–H groups in total. The normalized spacial score (nSPS) is 11.1. The molecule has 4 nitrogen and oxygen atoms in total. The molecule has 2 amide bonds. The van der Waals surface area contributed by atoms with Crippen molar-refractivity contribution in [3.63, 3.8) is 0 Å². The first-order chi connectivity index (χ1) is 7.96. The van der Waals surface area contributed by atoms with Gasteiger partial charge in [-0.1, -0.05) is 26.7 Å². The fraction of sp³-hybridized carbons (Fsp3) is 0.846. The van der Waals surface area contributed by atoms with E-state index in [1.807, 2.05) is 0 Å². The van der Waals surface area contributed by atoms with E-state index in [0.717, 1.165) is 25.7 Å². The van der Waals surface area contributed by atoms with E-state index < -0.39 is 5.41 Å². The first-order valence-corrected chi connectivity index (χ1v) is 6.53. The molecule has 0 rings (SSSR count). The minimum Gasteiger partial charge on any atom is -0.355 e. The molecule has 0 aromatic carbocycles. The quantitative estimate of drug-likeness (QED) is 0.504. The van der Waals surface area contributed by atoms with Gasteiger partial charge in [0, 0.05) is 13.1 Å². The van der Waals surface area contributed by atoms with Crippen molar-refractivity contribution in [1.82, 2.24) is 10.6 Å². The Kier molecular flexibility index (Phi) is 7.59. The Morgan fingerprint density at radius 1 is 0.882 bits per heavy atom.